The van der Waals surface area contributed by atoms with E-state index in [0.29, 0.717) is 16.8 Å². The van der Waals surface area contributed by atoms with Crippen molar-refractivity contribution >= 4 is 17.4 Å². The Morgan fingerprint density at radius 3 is 2.81 bits per heavy atom. The fraction of sp³-hybridized carbons (Fsp3) is 0.375. The van der Waals surface area contributed by atoms with Crippen LogP contribution >= 0.6 is 11.6 Å². The lowest BCUT2D eigenvalue weighted by Gasteiger charge is -2.11. The Morgan fingerprint density at radius 2 is 2.14 bits per heavy atom. The Balaban J connectivity index is 2.29. The summed E-state index contributed by atoms with van der Waals surface area (Å²) in [6.07, 6.45) is 4.26. The minimum absolute atomic E-state index is 0.166. The van der Waals surface area contributed by atoms with Crippen molar-refractivity contribution in [2.45, 2.75) is 27.2 Å². The Morgan fingerprint density at radius 1 is 1.38 bits per heavy atom. The number of nitrogens with one attached hydrogen (secondary N) is 1. The zero-order valence-corrected chi connectivity index (χ0v) is 13.3. The molecule has 0 aliphatic rings. The van der Waals surface area contributed by atoms with E-state index in [1.54, 1.807) is 23.0 Å². The standard InChI is InChI=1S/C16H20ClN3O/c1-11(2)6-7-18-15-16(21)20(9-8-19-15)13-5-4-12(3)14(17)10-13/h4-5,8-11H,6-7H2,1-3H3,(H,18,19). The molecule has 1 aromatic carbocycles. The van der Waals surface area contributed by atoms with E-state index in [1.165, 1.54) is 0 Å². The van der Waals surface area contributed by atoms with E-state index >= 15 is 0 Å². The molecule has 0 unspecified atom stereocenters. The van der Waals surface area contributed by atoms with Gasteiger partial charge in [0.2, 0.25) is 0 Å². The maximum atomic E-state index is 12.4. The van der Waals surface area contributed by atoms with Crippen molar-refractivity contribution in [3.8, 4) is 5.69 Å². The number of nitrogens with zero attached hydrogens (tertiary/aromatic N) is 2. The summed E-state index contributed by atoms with van der Waals surface area (Å²) in [4.78, 5) is 16.6. The second kappa shape index (κ2) is 6.76. The molecule has 0 saturated carbocycles. The summed E-state index contributed by atoms with van der Waals surface area (Å²) in [6.45, 7) is 6.96. The number of hydrogen-bond acceptors (Lipinski definition) is 3. The first-order valence-electron chi connectivity index (χ1n) is 7.07. The molecule has 1 N–H and O–H groups in total. The van der Waals surface area contributed by atoms with Crippen LogP contribution in [0.25, 0.3) is 5.69 Å². The SMILES string of the molecule is Cc1ccc(-n2ccnc(NCCC(C)C)c2=O)cc1Cl. The first-order chi connectivity index (χ1) is 9.99. The van der Waals surface area contributed by atoms with Gasteiger partial charge in [-0.25, -0.2) is 4.98 Å². The van der Waals surface area contributed by atoms with E-state index in [2.05, 4.69) is 24.1 Å². The molecule has 0 radical (unpaired) electrons. The van der Waals surface area contributed by atoms with Gasteiger partial charge in [-0.3, -0.25) is 9.36 Å². The number of aryl methyl sites for hydroxylation is 1. The highest BCUT2D eigenvalue weighted by Crippen LogP contribution is 2.18. The number of halogens is 1. The maximum absolute atomic E-state index is 12.4. The molecular formula is C16H20ClN3O. The number of aromatic nitrogens is 2. The molecule has 1 heterocycles. The van der Waals surface area contributed by atoms with Crippen molar-refractivity contribution in [2.24, 2.45) is 5.92 Å². The van der Waals surface area contributed by atoms with Crippen LogP contribution in [-0.4, -0.2) is 16.1 Å². The lowest BCUT2D eigenvalue weighted by molar-refractivity contribution is 0.606. The van der Waals surface area contributed by atoms with Gasteiger partial charge in [0.1, 0.15) is 0 Å². The van der Waals surface area contributed by atoms with Gasteiger partial charge < -0.3 is 5.32 Å². The van der Waals surface area contributed by atoms with E-state index in [4.69, 9.17) is 11.6 Å². The van der Waals surface area contributed by atoms with Crippen molar-refractivity contribution in [1.29, 1.82) is 0 Å². The van der Waals surface area contributed by atoms with E-state index in [1.807, 2.05) is 19.1 Å². The summed E-state index contributed by atoms with van der Waals surface area (Å²) >= 11 is 6.13. The summed E-state index contributed by atoms with van der Waals surface area (Å²) in [5.41, 5.74) is 1.56. The lowest BCUT2D eigenvalue weighted by Crippen LogP contribution is -2.23. The highest BCUT2D eigenvalue weighted by atomic mass is 35.5. The zero-order valence-electron chi connectivity index (χ0n) is 12.6. The average Bonchev–Trinajstić information content (AvgIpc) is 2.43. The summed E-state index contributed by atoms with van der Waals surface area (Å²) in [5, 5.41) is 3.75. The molecule has 2 aromatic rings. The van der Waals surface area contributed by atoms with Crippen molar-refractivity contribution in [3.63, 3.8) is 0 Å². The molecule has 0 saturated heterocycles. The van der Waals surface area contributed by atoms with Gasteiger partial charge in [-0.15, -0.1) is 0 Å². The third kappa shape index (κ3) is 3.85. The van der Waals surface area contributed by atoms with E-state index in [-0.39, 0.29) is 5.56 Å². The Kier molecular flexibility index (Phi) is 5.02. The Labute approximate surface area is 129 Å². The van der Waals surface area contributed by atoms with Crippen molar-refractivity contribution in [2.75, 3.05) is 11.9 Å². The minimum Gasteiger partial charge on any atom is -0.365 e. The van der Waals surface area contributed by atoms with Crippen LogP contribution in [0.3, 0.4) is 0 Å². The first kappa shape index (κ1) is 15.6. The van der Waals surface area contributed by atoms with Gasteiger partial charge in [0.15, 0.2) is 5.82 Å². The van der Waals surface area contributed by atoms with Gasteiger partial charge in [0, 0.05) is 24.0 Å². The predicted molar refractivity (Wildman–Crippen MR) is 87.5 cm³/mol. The third-order valence-corrected chi connectivity index (χ3v) is 3.70. The van der Waals surface area contributed by atoms with Crippen LogP contribution in [0.1, 0.15) is 25.8 Å². The van der Waals surface area contributed by atoms with Gasteiger partial charge in [-0.05, 0) is 37.0 Å². The maximum Gasteiger partial charge on any atom is 0.297 e. The van der Waals surface area contributed by atoms with Gasteiger partial charge in [0.25, 0.3) is 5.56 Å². The summed E-state index contributed by atoms with van der Waals surface area (Å²) in [5.74, 6) is 0.953. The Bertz CT molecular complexity index is 679. The van der Waals surface area contributed by atoms with Crippen molar-refractivity contribution in [3.05, 3.63) is 51.5 Å². The van der Waals surface area contributed by atoms with Crippen LogP contribution in [-0.2, 0) is 0 Å². The van der Waals surface area contributed by atoms with Gasteiger partial charge in [0.05, 0.1) is 5.69 Å². The van der Waals surface area contributed by atoms with Crippen LogP contribution in [0.15, 0.2) is 35.4 Å². The molecule has 112 valence electrons. The largest absolute Gasteiger partial charge is 0.365 e. The molecular weight excluding hydrogens is 286 g/mol. The molecule has 5 heteroatoms. The summed E-state index contributed by atoms with van der Waals surface area (Å²) in [7, 11) is 0. The Hall–Kier alpha value is -1.81. The van der Waals surface area contributed by atoms with Crippen LogP contribution in [0, 0.1) is 12.8 Å². The lowest BCUT2D eigenvalue weighted by atomic mass is 10.1. The zero-order chi connectivity index (χ0) is 15.4. The van der Waals surface area contributed by atoms with Crippen LogP contribution in [0.2, 0.25) is 5.02 Å². The summed E-state index contributed by atoms with van der Waals surface area (Å²) in [6, 6.07) is 5.56. The molecule has 0 bridgehead atoms. The molecule has 4 nitrogen and oxygen atoms in total. The third-order valence-electron chi connectivity index (χ3n) is 3.29. The normalized spacial score (nSPS) is 10.9. The topological polar surface area (TPSA) is 46.9 Å². The first-order valence-corrected chi connectivity index (χ1v) is 7.45. The van der Waals surface area contributed by atoms with Crippen molar-refractivity contribution in [1.82, 2.24) is 9.55 Å². The monoisotopic (exact) mass is 305 g/mol. The second-order valence-corrected chi connectivity index (χ2v) is 5.90. The highest BCUT2D eigenvalue weighted by Gasteiger charge is 2.07. The average molecular weight is 306 g/mol. The van der Waals surface area contributed by atoms with E-state index < -0.39 is 0 Å². The molecule has 0 atom stereocenters. The molecule has 0 spiro atoms. The molecule has 0 amide bonds. The van der Waals surface area contributed by atoms with Crippen LogP contribution in [0.4, 0.5) is 5.82 Å². The minimum atomic E-state index is -0.166. The fourth-order valence-electron chi connectivity index (χ4n) is 1.95. The smallest absolute Gasteiger partial charge is 0.297 e. The van der Waals surface area contributed by atoms with Gasteiger partial charge >= 0.3 is 0 Å². The number of anilines is 1. The second-order valence-electron chi connectivity index (χ2n) is 5.49. The van der Waals surface area contributed by atoms with Crippen LogP contribution in [0.5, 0.6) is 0 Å². The van der Waals surface area contributed by atoms with E-state index in [9.17, 15) is 4.79 Å². The highest BCUT2D eigenvalue weighted by molar-refractivity contribution is 6.31. The molecule has 0 aliphatic heterocycles. The number of rotatable bonds is 5. The van der Waals surface area contributed by atoms with Gasteiger partial charge in [-0.1, -0.05) is 31.5 Å². The van der Waals surface area contributed by atoms with Crippen molar-refractivity contribution < 1.29 is 0 Å². The predicted octanol–water partition coefficient (Wildman–Crippen LogP) is 3.65. The van der Waals surface area contributed by atoms with Crippen LogP contribution < -0.4 is 10.9 Å². The quantitative estimate of drug-likeness (QED) is 0.917. The number of benzene rings is 1. The number of hydrogen-bond donors (Lipinski definition) is 1. The molecule has 1 aromatic heterocycles. The summed E-state index contributed by atoms with van der Waals surface area (Å²) < 4.78 is 1.55. The fourth-order valence-corrected chi connectivity index (χ4v) is 2.12. The molecule has 0 fully saturated rings. The molecule has 2 rings (SSSR count). The van der Waals surface area contributed by atoms with E-state index in [0.717, 1.165) is 24.2 Å². The van der Waals surface area contributed by atoms with Gasteiger partial charge in [-0.2, -0.15) is 0 Å². The molecule has 21 heavy (non-hydrogen) atoms. The molecule has 0 aliphatic carbocycles.